The lowest BCUT2D eigenvalue weighted by molar-refractivity contribution is -0.115. The van der Waals surface area contributed by atoms with E-state index in [0.717, 1.165) is 12.1 Å². The molecule has 1 aromatic rings. The molecule has 2 rings (SSSR count). The first-order chi connectivity index (χ1) is 10.9. The van der Waals surface area contributed by atoms with Crippen LogP contribution in [0.1, 0.15) is 58.9 Å². The van der Waals surface area contributed by atoms with Gasteiger partial charge in [-0.05, 0) is 42.2 Å². The summed E-state index contributed by atoms with van der Waals surface area (Å²) in [5.41, 5.74) is 2.42. The van der Waals surface area contributed by atoms with E-state index < -0.39 is 0 Å². The van der Waals surface area contributed by atoms with E-state index in [1.165, 1.54) is 31.2 Å². The molecule has 1 aliphatic rings. The molecular weight excluding hydrogens is 284 g/mol. The van der Waals surface area contributed by atoms with Gasteiger partial charge in [0.25, 0.3) is 0 Å². The second kappa shape index (κ2) is 7.96. The highest BCUT2D eigenvalue weighted by Gasteiger charge is 2.33. The number of para-hydroxylation sites is 1. The summed E-state index contributed by atoms with van der Waals surface area (Å²) >= 11 is 0. The van der Waals surface area contributed by atoms with Gasteiger partial charge in [-0.3, -0.25) is 4.79 Å². The van der Waals surface area contributed by atoms with Gasteiger partial charge in [-0.25, -0.2) is 0 Å². The Morgan fingerprint density at radius 1 is 1.17 bits per heavy atom. The van der Waals surface area contributed by atoms with Crippen LogP contribution in [0.4, 0.5) is 5.69 Å². The van der Waals surface area contributed by atoms with Crippen LogP contribution < -0.4 is 10.6 Å². The van der Waals surface area contributed by atoms with Crippen LogP contribution in [-0.4, -0.2) is 18.5 Å². The minimum absolute atomic E-state index is 0.0594. The Labute approximate surface area is 141 Å². The van der Waals surface area contributed by atoms with Crippen LogP contribution in [0.15, 0.2) is 24.3 Å². The Bertz CT molecular complexity index is 519. The molecule has 1 saturated carbocycles. The standard InChI is InChI=1S/C20H32N2O/c1-5-15-10-6-8-12-17(15)22-19(23)14-21-18-13-9-7-11-16(18)20(2,3)4/h6,8,10,12,16,18,21H,5,7,9,11,13-14H2,1-4H3,(H,22,23). The lowest BCUT2D eigenvalue weighted by atomic mass is 9.69. The number of carbonyl (C=O) groups excluding carboxylic acids is 1. The quantitative estimate of drug-likeness (QED) is 0.846. The summed E-state index contributed by atoms with van der Waals surface area (Å²) in [6.45, 7) is 9.45. The van der Waals surface area contributed by atoms with E-state index in [1.54, 1.807) is 0 Å². The number of hydrogen-bond acceptors (Lipinski definition) is 2. The van der Waals surface area contributed by atoms with E-state index in [0.29, 0.717) is 23.9 Å². The van der Waals surface area contributed by atoms with Crippen LogP contribution in [0.5, 0.6) is 0 Å². The Morgan fingerprint density at radius 3 is 2.57 bits per heavy atom. The molecule has 0 radical (unpaired) electrons. The maximum Gasteiger partial charge on any atom is 0.238 e. The van der Waals surface area contributed by atoms with Crippen LogP contribution in [0.3, 0.4) is 0 Å². The third kappa shape index (κ3) is 5.07. The molecular formula is C20H32N2O. The van der Waals surface area contributed by atoms with Crippen molar-refractivity contribution in [1.82, 2.24) is 5.32 Å². The van der Waals surface area contributed by atoms with Gasteiger partial charge < -0.3 is 10.6 Å². The SMILES string of the molecule is CCc1ccccc1NC(=O)CNC1CCCCC1C(C)(C)C. The smallest absolute Gasteiger partial charge is 0.238 e. The van der Waals surface area contributed by atoms with E-state index in [1.807, 2.05) is 18.2 Å². The van der Waals surface area contributed by atoms with Gasteiger partial charge in [-0.15, -0.1) is 0 Å². The first-order valence-electron chi connectivity index (χ1n) is 9.03. The molecule has 1 aromatic carbocycles. The number of hydrogen-bond donors (Lipinski definition) is 2. The van der Waals surface area contributed by atoms with Crippen molar-refractivity contribution in [3.63, 3.8) is 0 Å². The van der Waals surface area contributed by atoms with E-state index in [-0.39, 0.29) is 5.91 Å². The minimum Gasteiger partial charge on any atom is -0.325 e. The zero-order valence-corrected chi connectivity index (χ0v) is 15.1. The van der Waals surface area contributed by atoms with Gasteiger partial charge in [0.1, 0.15) is 0 Å². The molecule has 2 atom stereocenters. The molecule has 3 nitrogen and oxygen atoms in total. The van der Waals surface area contributed by atoms with Crippen molar-refractivity contribution in [2.24, 2.45) is 11.3 Å². The van der Waals surface area contributed by atoms with Gasteiger partial charge in [-0.1, -0.05) is 58.7 Å². The normalized spacial score (nSPS) is 21.9. The van der Waals surface area contributed by atoms with Crippen LogP contribution in [0, 0.1) is 11.3 Å². The highest BCUT2D eigenvalue weighted by atomic mass is 16.1. The third-order valence-electron chi connectivity index (χ3n) is 5.08. The largest absolute Gasteiger partial charge is 0.325 e. The number of carbonyl (C=O) groups is 1. The molecule has 23 heavy (non-hydrogen) atoms. The lowest BCUT2D eigenvalue weighted by Crippen LogP contribution is -2.46. The molecule has 0 aromatic heterocycles. The van der Waals surface area contributed by atoms with E-state index in [4.69, 9.17) is 0 Å². The molecule has 1 amide bonds. The van der Waals surface area contributed by atoms with Crippen molar-refractivity contribution in [3.05, 3.63) is 29.8 Å². The fraction of sp³-hybridized carbons (Fsp3) is 0.650. The molecule has 2 N–H and O–H groups in total. The van der Waals surface area contributed by atoms with Crippen molar-refractivity contribution in [3.8, 4) is 0 Å². The maximum absolute atomic E-state index is 12.3. The summed E-state index contributed by atoms with van der Waals surface area (Å²) in [7, 11) is 0. The highest BCUT2D eigenvalue weighted by molar-refractivity contribution is 5.93. The molecule has 0 saturated heterocycles. The maximum atomic E-state index is 12.3. The van der Waals surface area contributed by atoms with Crippen molar-refractivity contribution in [1.29, 1.82) is 0 Å². The molecule has 1 fully saturated rings. The first kappa shape index (κ1) is 18.0. The molecule has 128 valence electrons. The number of benzene rings is 1. The van der Waals surface area contributed by atoms with Crippen LogP contribution >= 0.6 is 0 Å². The Hall–Kier alpha value is -1.35. The Morgan fingerprint density at radius 2 is 1.87 bits per heavy atom. The molecule has 0 spiro atoms. The summed E-state index contributed by atoms with van der Waals surface area (Å²) < 4.78 is 0. The molecule has 0 aliphatic heterocycles. The molecule has 0 bridgehead atoms. The summed E-state index contributed by atoms with van der Waals surface area (Å²) in [6, 6.07) is 8.49. The highest BCUT2D eigenvalue weighted by Crippen LogP contribution is 2.37. The van der Waals surface area contributed by atoms with Gasteiger partial charge in [0.05, 0.1) is 6.54 Å². The molecule has 0 heterocycles. The molecule has 3 heteroatoms. The first-order valence-corrected chi connectivity index (χ1v) is 9.03. The van der Waals surface area contributed by atoms with Gasteiger partial charge in [0.2, 0.25) is 5.91 Å². The van der Waals surface area contributed by atoms with Gasteiger partial charge >= 0.3 is 0 Å². The van der Waals surface area contributed by atoms with Gasteiger partial charge in [-0.2, -0.15) is 0 Å². The summed E-state index contributed by atoms with van der Waals surface area (Å²) in [5, 5.41) is 6.58. The van der Waals surface area contributed by atoms with Crippen molar-refractivity contribution in [2.75, 3.05) is 11.9 Å². The second-order valence-corrected chi connectivity index (χ2v) is 7.80. The monoisotopic (exact) mass is 316 g/mol. The zero-order valence-electron chi connectivity index (χ0n) is 15.1. The van der Waals surface area contributed by atoms with E-state index >= 15 is 0 Å². The zero-order chi connectivity index (χ0) is 16.9. The molecule has 2 unspecified atom stereocenters. The summed E-state index contributed by atoms with van der Waals surface area (Å²) in [4.78, 5) is 12.3. The van der Waals surface area contributed by atoms with Crippen LogP contribution in [0.2, 0.25) is 0 Å². The van der Waals surface area contributed by atoms with Gasteiger partial charge in [0.15, 0.2) is 0 Å². The predicted molar refractivity (Wildman–Crippen MR) is 97.7 cm³/mol. The Kier molecular flexibility index (Phi) is 6.23. The van der Waals surface area contributed by atoms with Gasteiger partial charge in [0, 0.05) is 11.7 Å². The lowest BCUT2D eigenvalue weighted by Gasteiger charge is -2.40. The van der Waals surface area contributed by atoms with Crippen LogP contribution in [0.25, 0.3) is 0 Å². The van der Waals surface area contributed by atoms with Crippen molar-refractivity contribution >= 4 is 11.6 Å². The van der Waals surface area contributed by atoms with Crippen molar-refractivity contribution in [2.45, 2.75) is 65.8 Å². The second-order valence-electron chi connectivity index (χ2n) is 7.80. The number of aryl methyl sites for hydroxylation is 1. The number of rotatable bonds is 5. The average Bonchev–Trinajstić information content (AvgIpc) is 2.53. The minimum atomic E-state index is 0.0594. The third-order valence-corrected chi connectivity index (χ3v) is 5.08. The van der Waals surface area contributed by atoms with E-state index in [9.17, 15) is 4.79 Å². The number of anilines is 1. The predicted octanol–water partition coefficient (Wildman–Crippen LogP) is 4.38. The fourth-order valence-electron chi connectivity index (χ4n) is 3.78. The average molecular weight is 316 g/mol. The van der Waals surface area contributed by atoms with E-state index in [2.05, 4.69) is 44.4 Å². The van der Waals surface area contributed by atoms with Crippen molar-refractivity contribution < 1.29 is 4.79 Å². The molecule has 1 aliphatic carbocycles. The van der Waals surface area contributed by atoms with Crippen LogP contribution in [-0.2, 0) is 11.2 Å². The summed E-state index contributed by atoms with van der Waals surface area (Å²) in [5.74, 6) is 0.705. The summed E-state index contributed by atoms with van der Waals surface area (Å²) in [6.07, 6.45) is 5.96. The fourth-order valence-corrected chi connectivity index (χ4v) is 3.78. The number of amides is 1. The topological polar surface area (TPSA) is 41.1 Å². The number of nitrogens with one attached hydrogen (secondary N) is 2. The Balaban J connectivity index is 1.90.